The lowest BCUT2D eigenvalue weighted by Gasteiger charge is -2.21. The van der Waals surface area contributed by atoms with Crippen molar-refractivity contribution in [2.75, 3.05) is 13.2 Å². The maximum absolute atomic E-state index is 12.8. The van der Waals surface area contributed by atoms with Crippen LogP contribution in [0.3, 0.4) is 0 Å². The molecule has 0 N–H and O–H groups in total. The number of rotatable bonds is 13. The Balaban J connectivity index is 1.87. The number of ether oxygens (including phenoxy) is 1. The van der Waals surface area contributed by atoms with Crippen molar-refractivity contribution >= 4 is 11.9 Å². The Morgan fingerprint density at radius 3 is 2.13 bits per heavy atom. The fraction of sp³-hybridized carbons (Fsp3) is 0.385. The second kappa shape index (κ2) is 14.2. The molecule has 0 heterocycles. The molecule has 4 nitrogen and oxygen atoms in total. The van der Waals surface area contributed by atoms with Gasteiger partial charge in [-0.25, -0.2) is 4.79 Å². The quantitative estimate of drug-likeness (QED) is 0.256. The van der Waals surface area contributed by atoms with Gasteiger partial charge < -0.3 is 9.64 Å². The third kappa shape index (κ3) is 9.55. The molecule has 4 heteroatoms. The van der Waals surface area contributed by atoms with E-state index in [-0.39, 0.29) is 5.91 Å². The average Bonchev–Trinajstić information content (AvgIpc) is 2.78. The highest BCUT2D eigenvalue weighted by atomic mass is 16.5. The average molecular weight is 408 g/mol. The summed E-state index contributed by atoms with van der Waals surface area (Å²) >= 11 is 0. The van der Waals surface area contributed by atoms with Crippen LogP contribution in [0.1, 0.15) is 50.2 Å². The lowest BCUT2D eigenvalue weighted by molar-refractivity contribution is -0.138. The van der Waals surface area contributed by atoms with Gasteiger partial charge in [0.05, 0.1) is 6.61 Å². The maximum Gasteiger partial charge on any atom is 0.330 e. The van der Waals surface area contributed by atoms with Crippen LogP contribution in [0.2, 0.25) is 0 Å². The molecule has 30 heavy (non-hydrogen) atoms. The van der Waals surface area contributed by atoms with Crippen LogP contribution in [0.25, 0.3) is 0 Å². The number of hydrogen-bond acceptors (Lipinski definition) is 3. The van der Waals surface area contributed by atoms with Crippen LogP contribution in [-0.4, -0.2) is 29.9 Å². The summed E-state index contributed by atoms with van der Waals surface area (Å²) in [6.45, 7) is 3.66. The first kappa shape index (κ1) is 23.4. The molecule has 0 aliphatic rings. The number of esters is 1. The molecule has 0 fully saturated rings. The normalized spacial score (nSPS) is 10.8. The van der Waals surface area contributed by atoms with Gasteiger partial charge in [-0.15, -0.1) is 0 Å². The molecule has 2 aromatic carbocycles. The van der Waals surface area contributed by atoms with Gasteiger partial charge >= 0.3 is 5.97 Å². The molecular weight excluding hydrogens is 374 g/mol. The van der Waals surface area contributed by atoms with Crippen LogP contribution in [0.15, 0.2) is 72.8 Å². The van der Waals surface area contributed by atoms with Crippen LogP contribution in [0.4, 0.5) is 0 Å². The van der Waals surface area contributed by atoms with Crippen molar-refractivity contribution < 1.29 is 14.3 Å². The van der Waals surface area contributed by atoms with E-state index in [0.717, 1.165) is 31.2 Å². The highest BCUT2D eigenvalue weighted by molar-refractivity contribution is 5.94. The molecular formula is C26H33NO3. The van der Waals surface area contributed by atoms with Gasteiger partial charge in [0.15, 0.2) is 0 Å². The maximum atomic E-state index is 12.8. The second-order valence-corrected chi connectivity index (χ2v) is 7.40. The minimum absolute atomic E-state index is 0.185. The molecule has 0 unspecified atom stereocenters. The van der Waals surface area contributed by atoms with E-state index >= 15 is 0 Å². The van der Waals surface area contributed by atoms with Crippen molar-refractivity contribution in [3.8, 4) is 0 Å². The minimum atomic E-state index is -0.457. The first-order valence-electron chi connectivity index (χ1n) is 10.9. The zero-order valence-electron chi connectivity index (χ0n) is 18.0. The van der Waals surface area contributed by atoms with Crippen molar-refractivity contribution in [3.63, 3.8) is 0 Å². The molecule has 0 aromatic heterocycles. The lowest BCUT2D eigenvalue weighted by Crippen LogP contribution is -2.31. The van der Waals surface area contributed by atoms with Gasteiger partial charge in [-0.3, -0.25) is 4.79 Å². The van der Waals surface area contributed by atoms with Crippen molar-refractivity contribution in [3.05, 3.63) is 83.9 Å². The summed E-state index contributed by atoms with van der Waals surface area (Å²) in [6.07, 6.45) is 8.83. The van der Waals surface area contributed by atoms with E-state index in [4.69, 9.17) is 4.74 Å². The highest BCUT2D eigenvalue weighted by Gasteiger charge is 2.12. The topological polar surface area (TPSA) is 46.6 Å². The molecule has 0 aliphatic carbocycles. The summed E-state index contributed by atoms with van der Waals surface area (Å²) in [5, 5.41) is 0. The third-order valence-corrected chi connectivity index (χ3v) is 4.90. The highest BCUT2D eigenvalue weighted by Crippen LogP contribution is 2.08. The fourth-order valence-corrected chi connectivity index (χ4v) is 3.15. The molecule has 0 saturated carbocycles. The fourth-order valence-electron chi connectivity index (χ4n) is 3.15. The van der Waals surface area contributed by atoms with Crippen LogP contribution >= 0.6 is 0 Å². The zero-order valence-corrected chi connectivity index (χ0v) is 18.0. The molecule has 2 rings (SSSR count). The number of carbonyl (C=O) groups is 2. The Morgan fingerprint density at radius 2 is 1.47 bits per heavy atom. The Labute approximate surface area is 180 Å². The van der Waals surface area contributed by atoms with Gasteiger partial charge in [0.2, 0.25) is 5.91 Å². The molecule has 0 spiro atoms. The Morgan fingerprint density at radius 1 is 0.833 bits per heavy atom. The number of benzene rings is 2. The Kier molecular flexibility index (Phi) is 11.0. The van der Waals surface area contributed by atoms with E-state index in [9.17, 15) is 9.59 Å². The number of hydrogen-bond donors (Lipinski definition) is 0. The monoisotopic (exact) mass is 407 g/mol. The SMILES string of the molecule is CCCCCCCOC(=O)/C=C/C(=O)N(CCc1ccccc1)Cc1ccccc1. The van der Waals surface area contributed by atoms with Gasteiger partial charge in [-0.2, -0.15) is 0 Å². The largest absolute Gasteiger partial charge is 0.463 e. The Hall–Kier alpha value is -2.88. The summed E-state index contributed by atoms with van der Waals surface area (Å²) in [6, 6.07) is 20.0. The molecule has 2 aromatic rings. The molecule has 0 aliphatic heterocycles. The van der Waals surface area contributed by atoms with Gasteiger partial charge in [-0.1, -0.05) is 93.3 Å². The van der Waals surface area contributed by atoms with Gasteiger partial charge in [0.1, 0.15) is 0 Å². The number of unbranched alkanes of at least 4 members (excludes halogenated alkanes) is 4. The van der Waals surface area contributed by atoms with E-state index in [0.29, 0.717) is 19.7 Å². The summed E-state index contributed by atoms with van der Waals surface area (Å²) in [4.78, 5) is 26.4. The Bertz CT molecular complexity index is 771. The van der Waals surface area contributed by atoms with Crippen molar-refractivity contribution in [2.24, 2.45) is 0 Å². The van der Waals surface area contributed by atoms with E-state index in [1.165, 1.54) is 30.6 Å². The van der Waals surface area contributed by atoms with Gasteiger partial charge in [-0.05, 0) is 24.0 Å². The number of carbonyl (C=O) groups excluding carboxylic acids is 2. The van der Waals surface area contributed by atoms with Crippen LogP contribution in [0, 0.1) is 0 Å². The predicted molar refractivity (Wildman–Crippen MR) is 121 cm³/mol. The lowest BCUT2D eigenvalue weighted by atomic mass is 10.1. The minimum Gasteiger partial charge on any atom is -0.463 e. The molecule has 0 atom stereocenters. The van der Waals surface area contributed by atoms with Gasteiger partial charge in [0.25, 0.3) is 0 Å². The third-order valence-electron chi connectivity index (χ3n) is 4.90. The standard InChI is InChI=1S/C26H33NO3/c1-2-3-4-5-12-21-30-26(29)18-17-25(28)27(22-24-15-10-7-11-16-24)20-19-23-13-8-6-9-14-23/h6-11,13-18H,2-5,12,19-22H2,1H3/b18-17+. The summed E-state index contributed by atoms with van der Waals surface area (Å²) in [5.74, 6) is -0.642. The second-order valence-electron chi connectivity index (χ2n) is 7.40. The number of amides is 1. The summed E-state index contributed by atoms with van der Waals surface area (Å²) in [5.41, 5.74) is 2.23. The van der Waals surface area contributed by atoms with E-state index < -0.39 is 5.97 Å². The molecule has 0 radical (unpaired) electrons. The smallest absolute Gasteiger partial charge is 0.330 e. The van der Waals surface area contributed by atoms with E-state index in [1.54, 1.807) is 4.90 Å². The van der Waals surface area contributed by atoms with E-state index in [1.807, 2.05) is 48.5 Å². The molecule has 0 bridgehead atoms. The summed E-state index contributed by atoms with van der Waals surface area (Å²) in [7, 11) is 0. The van der Waals surface area contributed by atoms with Crippen LogP contribution in [0.5, 0.6) is 0 Å². The first-order valence-corrected chi connectivity index (χ1v) is 10.9. The molecule has 160 valence electrons. The van der Waals surface area contributed by atoms with E-state index in [2.05, 4.69) is 19.1 Å². The van der Waals surface area contributed by atoms with Crippen LogP contribution < -0.4 is 0 Å². The number of nitrogens with zero attached hydrogens (tertiary/aromatic N) is 1. The van der Waals surface area contributed by atoms with Crippen LogP contribution in [-0.2, 0) is 27.3 Å². The van der Waals surface area contributed by atoms with Crippen molar-refractivity contribution in [1.82, 2.24) is 4.90 Å². The molecule has 1 amide bonds. The van der Waals surface area contributed by atoms with Gasteiger partial charge in [0, 0.05) is 25.2 Å². The predicted octanol–water partition coefficient (Wildman–Crippen LogP) is 5.33. The summed E-state index contributed by atoms with van der Waals surface area (Å²) < 4.78 is 5.20. The van der Waals surface area contributed by atoms with Crippen molar-refractivity contribution in [1.29, 1.82) is 0 Å². The zero-order chi connectivity index (χ0) is 21.4. The molecule has 0 saturated heterocycles. The first-order chi connectivity index (χ1) is 14.7. The van der Waals surface area contributed by atoms with Crippen molar-refractivity contribution in [2.45, 2.75) is 52.0 Å².